The SMILES string of the molecule is Cc1ccc(S(=O)(=O)N2CCC(C(=O)Nc3cc(Cl)ccc3F)CC2)cc1C. The zero-order valence-corrected chi connectivity index (χ0v) is 17.3. The zero-order valence-electron chi connectivity index (χ0n) is 15.7. The number of hydrogen-bond donors (Lipinski definition) is 1. The Labute approximate surface area is 169 Å². The van der Waals surface area contributed by atoms with Crippen LogP contribution in [-0.4, -0.2) is 31.7 Å². The second kappa shape index (κ2) is 8.19. The van der Waals surface area contributed by atoms with Gasteiger partial charge in [0.1, 0.15) is 5.82 Å². The number of carbonyl (C=O) groups excluding carboxylic acids is 1. The lowest BCUT2D eigenvalue weighted by Gasteiger charge is -2.30. The van der Waals surface area contributed by atoms with Gasteiger partial charge in [-0.05, 0) is 68.1 Å². The number of benzene rings is 2. The largest absolute Gasteiger partial charge is 0.323 e. The number of carbonyl (C=O) groups is 1. The third-order valence-electron chi connectivity index (χ3n) is 5.13. The standard InChI is InChI=1S/C20H22ClFN2O3S/c1-13-3-5-17(11-14(13)2)28(26,27)24-9-7-15(8-10-24)20(25)23-19-12-16(21)4-6-18(19)22/h3-6,11-12,15H,7-10H2,1-2H3,(H,23,25). The number of anilines is 1. The Hall–Kier alpha value is -1.96. The maximum absolute atomic E-state index is 13.8. The molecule has 0 radical (unpaired) electrons. The zero-order chi connectivity index (χ0) is 20.5. The van der Waals surface area contributed by atoms with E-state index < -0.39 is 15.8 Å². The van der Waals surface area contributed by atoms with E-state index in [9.17, 15) is 17.6 Å². The first-order chi connectivity index (χ1) is 13.2. The summed E-state index contributed by atoms with van der Waals surface area (Å²) in [6.07, 6.45) is 0.746. The van der Waals surface area contributed by atoms with E-state index in [0.29, 0.717) is 17.9 Å². The molecule has 1 saturated heterocycles. The van der Waals surface area contributed by atoms with E-state index in [1.807, 2.05) is 13.8 Å². The highest BCUT2D eigenvalue weighted by Crippen LogP contribution is 2.27. The first-order valence-electron chi connectivity index (χ1n) is 9.02. The van der Waals surface area contributed by atoms with Crippen molar-refractivity contribution in [2.24, 2.45) is 5.92 Å². The van der Waals surface area contributed by atoms with E-state index in [-0.39, 0.29) is 35.5 Å². The Morgan fingerprint density at radius 3 is 2.43 bits per heavy atom. The molecule has 0 aromatic heterocycles. The molecule has 3 rings (SSSR count). The first kappa shape index (κ1) is 20.8. The van der Waals surface area contributed by atoms with E-state index in [1.165, 1.54) is 22.5 Å². The molecule has 28 heavy (non-hydrogen) atoms. The molecule has 8 heteroatoms. The van der Waals surface area contributed by atoms with Crippen molar-refractivity contribution in [1.29, 1.82) is 0 Å². The lowest BCUT2D eigenvalue weighted by atomic mass is 9.97. The van der Waals surface area contributed by atoms with Crippen LogP contribution in [0.5, 0.6) is 0 Å². The molecule has 0 atom stereocenters. The number of sulfonamides is 1. The van der Waals surface area contributed by atoms with Crippen LogP contribution in [0.15, 0.2) is 41.3 Å². The smallest absolute Gasteiger partial charge is 0.243 e. The number of halogens is 2. The molecular weight excluding hydrogens is 403 g/mol. The maximum Gasteiger partial charge on any atom is 0.243 e. The average Bonchev–Trinajstić information content (AvgIpc) is 2.67. The van der Waals surface area contributed by atoms with Gasteiger partial charge in [0, 0.05) is 24.0 Å². The molecule has 0 aliphatic carbocycles. The molecule has 2 aromatic carbocycles. The highest BCUT2D eigenvalue weighted by molar-refractivity contribution is 7.89. The Bertz CT molecular complexity index is 1000. The quantitative estimate of drug-likeness (QED) is 0.802. The predicted molar refractivity (Wildman–Crippen MR) is 107 cm³/mol. The molecule has 0 unspecified atom stereocenters. The Morgan fingerprint density at radius 1 is 1.11 bits per heavy atom. The number of nitrogens with zero attached hydrogens (tertiary/aromatic N) is 1. The van der Waals surface area contributed by atoms with Gasteiger partial charge in [-0.15, -0.1) is 0 Å². The van der Waals surface area contributed by atoms with Gasteiger partial charge in [-0.1, -0.05) is 17.7 Å². The molecule has 1 fully saturated rings. The van der Waals surface area contributed by atoms with E-state index in [1.54, 1.807) is 18.2 Å². The van der Waals surface area contributed by atoms with E-state index >= 15 is 0 Å². The highest BCUT2D eigenvalue weighted by atomic mass is 35.5. The van der Waals surface area contributed by atoms with Gasteiger partial charge in [-0.2, -0.15) is 4.31 Å². The molecule has 1 N–H and O–H groups in total. The van der Waals surface area contributed by atoms with Crippen molar-refractivity contribution in [3.63, 3.8) is 0 Å². The van der Waals surface area contributed by atoms with Gasteiger partial charge in [-0.3, -0.25) is 4.79 Å². The summed E-state index contributed by atoms with van der Waals surface area (Å²) in [6.45, 7) is 4.29. The third-order valence-corrected chi connectivity index (χ3v) is 7.26. The Morgan fingerprint density at radius 2 is 1.79 bits per heavy atom. The van der Waals surface area contributed by atoms with Crippen LogP contribution in [0.25, 0.3) is 0 Å². The van der Waals surface area contributed by atoms with Gasteiger partial charge in [0.2, 0.25) is 15.9 Å². The molecular formula is C20H22ClFN2O3S. The normalized spacial score (nSPS) is 16.1. The van der Waals surface area contributed by atoms with Crippen molar-refractivity contribution in [3.8, 4) is 0 Å². The summed E-state index contributed by atoms with van der Waals surface area (Å²) in [5.74, 6) is -1.28. The first-order valence-corrected chi connectivity index (χ1v) is 10.8. The van der Waals surface area contributed by atoms with Crippen molar-refractivity contribution in [2.75, 3.05) is 18.4 Å². The lowest BCUT2D eigenvalue weighted by Crippen LogP contribution is -2.41. The van der Waals surface area contributed by atoms with E-state index in [2.05, 4.69) is 5.32 Å². The summed E-state index contributed by atoms with van der Waals surface area (Å²) < 4.78 is 40.9. The van der Waals surface area contributed by atoms with Crippen LogP contribution in [0.2, 0.25) is 5.02 Å². The Balaban J connectivity index is 1.65. The molecule has 0 bridgehead atoms. The van der Waals surface area contributed by atoms with Crippen molar-refractivity contribution in [2.45, 2.75) is 31.6 Å². The summed E-state index contributed by atoms with van der Waals surface area (Å²) in [5.41, 5.74) is 1.98. The van der Waals surface area contributed by atoms with Gasteiger partial charge in [0.25, 0.3) is 0 Å². The number of aryl methyl sites for hydroxylation is 2. The predicted octanol–water partition coefficient (Wildman–Crippen LogP) is 4.14. The molecule has 0 spiro atoms. The van der Waals surface area contributed by atoms with E-state index in [4.69, 9.17) is 11.6 Å². The van der Waals surface area contributed by atoms with Gasteiger partial charge in [0.15, 0.2) is 0 Å². The van der Waals surface area contributed by atoms with Gasteiger partial charge < -0.3 is 5.32 Å². The van der Waals surface area contributed by atoms with E-state index in [0.717, 1.165) is 11.1 Å². The fraction of sp³-hybridized carbons (Fsp3) is 0.350. The van der Waals surface area contributed by atoms with Gasteiger partial charge >= 0.3 is 0 Å². The van der Waals surface area contributed by atoms with Gasteiger partial charge in [0.05, 0.1) is 10.6 Å². The fourth-order valence-electron chi connectivity index (χ4n) is 3.21. The van der Waals surface area contributed by atoms with Crippen molar-refractivity contribution in [1.82, 2.24) is 4.31 Å². The minimum atomic E-state index is -3.60. The van der Waals surface area contributed by atoms with Crippen LogP contribution < -0.4 is 5.32 Å². The monoisotopic (exact) mass is 424 g/mol. The van der Waals surface area contributed by atoms with Crippen molar-refractivity contribution < 1.29 is 17.6 Å². The van der Waals surface area contributed by atoms with Crippen LogP contribution in [0.3, 0.4) is 0 Å². The average molecular weight is 425 g/mol. The van der Waals surface area contributed by atoms with Crippen LogP contribution in [0, 0.1) is 25.6 Å². The highest BCUT2D eigenvalue weighted by Gasteiger charge is 2.32. The summed E-state index contributed by atoms with van der Waals surface area (Å²) in [5, 5.41) is 2.88. The van der Waals surface area contributed by atoms with Crippen LogP contribution >= 0.6 is 11.6 Å². The molecule has 1 amide bonds. The summed E-state index contributed by atoms with van der Waals surface area (Å²) in [6, 6.07) is 9.03. The molecule has 0 saturated carbocycles. The van der Waals surface area contributed by atoms with Gasteiger partial charge in [-0.25, -0.2) is 12.8 Å². The molecule has 5 nitrogen and oxygen atoms in total. The van der Waals surface area contributed by atoms with Crippen LogP contribution in [0.1, 0.15) is 24.0 Å². The minimum absolute atomic E-state index is 0.0303. The van der Waals surface area contributed by atoms with Crippen LogP contribution in [0.4, 0.5) is 10.1 Å². The lowest BCUT2D eigenvalue weighted by molar-refractivity contribution is -0.120. The number of nitrogens with one attached hydrogen (secondary N) is 1. The van der Waals surface area contributed by atoms with Crippen molar-refractivity contribution in [3.05, 3.63) is 58.4 Å². The molecule has 1 aliphatic rings. The minimum Gasteiger partial charge on any atom is -0.323 e. The molecule has 2 aromatic rings. The van der Waals surface area contributed by atoms with Crippen LogP contribution in [-0.2, 0) is 14.8 Å². The number of amides is 1. The fourth-order valence-corrected chi connectivity index (χ4v) is 4.94. The summed E-state index contributed by atoms with van der Waals surface area (Å²) in [7, 11) is -3.60. The third kappa shape index (κ3) is 4.37. The number of piperidine rings is 1. The molecule has 1 heterocycles. The second-order valence-corrected chi connectivity index (χ2v) is 9.41. The molecule has 150 valence electrons. The summed E-state index contributed by atoms with van der Waals surface area (Å²) >= 11 is 5.84. The van der Waals surface area contributed by atoms with Crippen molar-refractivity contribution >= 4 is 33.2 Å². The maximum atomic E-state index is 13.8. The number of rotatable bonds is 4. The Kier molecular flexibility index (Phi) is 6.07. The summed E-state index contributed by atoms with van der Waals surface area (Å²) in [4.78, 5) is 12.7. The topological polar surface area (TPSA) is 66.5 Å². The molecule has 1 aliphatic heterocycles. The number of hydrogen-bond acceptors (Lipinski definition) is 3. The second-order valence-electron chi connectivity index (χ2n) is 7.04.